The van der Waals surface area contributed by atoms with Crippen molar-refractivity contribution in [2.45, 2.75) is 32.5 Å². The number of carbonyl (C=O) groups is 2. The second kappa shape index (κ2) is 4.94. The molecule has 1 aliphatic heterocycles. The van der Waals surface area contributed by atoms with E-state index in [1.165, 1.54) is 13.8 Å². The van der Waals surface area contributed by atoms with Crippen LogP contribution in [-0.2, 0) is 11.2 Å². The van der Waals surface area contributed by atoms with E-state index in [0.717, 1.165) is 5.56 Å². The number of para-hydroxylation sites is 1. The monoisotopic (exact) mass is 246 g/mol. The summed E-state index contributed by atoms with van der Waals surface area (Å²) in [5.41, 5.74) is 1.35. The molecule has 0 fully saturated rings. The van der Waals surface area contributed by atoms with Crippen molar-refractivity contribution in [3.05, 3.63) is 29.3 Å². The zero-order valence-electron chi connectivity index (χ0n) is 10.5. The van der Waals surface area contributed by atoms with Gasteiger partial charge < -0.3 is 14.5 Å². The average Bonchev–Trinajstić information content (AvgIpc) is 2.28. The first-order valence-corrected chi connectivity index (χ1v) is 5.96. The van der Waals surface area contributed by atoms with Crippen LogP contribution in [0, 0.1) is 0 Å². The Balaban J connectivity index is 2.33. The third kappa shape index (κ3) is 2.46. The number of rotatable bonds is 3. The molecule has 1 N–H and O–H groups in total. The van der Waals surface area contributed by atoms with E-state index in [-0.39, 0.29) is 23.8 Å². The third-order valence-electron chi connectivity index (χ3n) is 3.15. The van der Waals surface area contributed by atoms with Gasteiger partial charge in [0.15, 0.2) is 5.78 Å². The maximum atomic E-state index is 11.5. The Labute approximate surface area is 106 Å². The van der Waals surface area contributed by atoms with Crippen LogP contribution < -0.4 is 4.65 Å². The molecular weight excluding hydrogens is 231 g/mol. The summed E-state index contributed by atoms with van der Waals surface area (Å²) in [4.78, 5) is 22.6. The zero-order valence-corrected chi connectivity index (χ0v) is 10.5. The molecule has 5 heteroatoms. The fourth-order valence-corrected chi connectivity index (χ4v) is 2.30. The van der Waals surface area contributed by atoms with Gasteiger partial charge >= 0.3 is 7.12 Å². The smallest absolute Gasteiger partial charge is 0.526 e. The van der Waals surface area contributed by atoms with Gasteiger partial charge in [0, 0.05) is 12.2 Å². The molecule has 0 saturated heterocycles. The largest absolute Gasteiger partial charge is 0.535 e. The Morgan fingerprint density at radius 2 is 2.17 bits per heavy atom. The van der Waals surface area contributed by atoms with Crippen molar-refractivity contribution < 1.29 is 19.3 Å². The Morgan fingerprint density at radius 1 is 1.44 bits per heavy atom. The first kappa shape index (κ1) is 12.8. The molecule has 1 aliphatic rings. The van der Waals surface area contributed by atoms with Crippen LogP contribution in [-0.4, -0.2) is 23.7 Å². The van der Waals surface area contributed by atoms with Crippen LogP contribution in [0.15, 0.2) is 18.2 Å². The molecule has 4 nitrogen and oxygen atoms in total. The fourth-order valence-electron chi connectivity index (χ4n) is 2.30. The van der Waals surface area contributed by atoms with Crippen LogP contribution in [0.5, 0.6) is 5.75 Å². The number of hydrogen-bond acceptors (Lipinski definition) is 4. The molecule has 1 atom stereocenters. The maximum absolute atomic E-state index is 11.5. The maximum Gasteiger partial charge on any atom is 0.526 e. The van der Waals surface area contributed by atoms with Gasteiger partial charge in [0.25, 0.3) is 0 Å². The van der Waals surface area contributed by atoms with E-state index in [0.29, 0.717) is 17.7 Å². The Morgan fingerprint density at radius 3 is 2.78 bits per heavy atom. The number of Topliss-reactive ketones (excluding diaryl/α,β-unsaturated/α-hetero) is 2. The summed E-state index contributed by atoms with van der Waals surface area (Å²) >= 11 is 0. The lowest BCUT2D eigenvalue weighted by Crippen LogP contribution is -2.35. The number of hydrogen-bond donors (Lipinski definition) is 1. The van der Waals surface area contributed by atoms with Crippen LogP contribution >= 0.6 is 0 Å². The highest BCUT2D eigenvalue weighted by Gasteiger charge is 2.36. The molecule has 2 rings (SSSR count). The average molecular weight is 246 g/mol. The number of fused-ring (bicyclic) bond motifs is 1. The van der Waals surface area contributed by atoms with Gasteiger partial charge in [-0.3, -0.25) is 4.79 Å². The van der Waals surface area contributed by atoms with Crippen LogP contribution in [0.4, 0.5) is 0 Å². The highest BCUT2D eigenvalue weighted by Crippen LogP contribution is 2.36. The van der Waals surface area contributed by atoms with Crippen LogP contribution in [0.3, 0.4) is 0 Å². The Hall–Kier alpha value is -1.62. The minimum atomic E-state index is -1.03. The predicted molar refractivity (Wildman–Crippen MR) is 67.8 cm³/mol. The minimum absolute atomic E-state index is 0.0221. The molecule has 0 aromatic heterocycles. The second-order valence-corrected chi connectivity index (χ2v) is 4.73. The normalized spacial score (nSPS) is 17.9. The summed E-state index contributed by atoms with van der Waals surface area (Å²) in [6.45, 7) is 2.96. The topological polar surface area (TPSA) is 63.6 Å². The molecule has 0 bridgehead atoms. The molecule has 18 heavy (non-hydrogen) atoms. The van der Waals surface area contributed by atoms with E-state index in [1.54, 1.807) is 12.1 Å². The van der Waals surface area contributed by atoms with Crippen molar-refractivity contribution in [1.29, 1.82) is 0 Å². The highest BCUT2D eigenvalue weighted by molar-refractivity contribution is 6.47. The van der Waals surface area contributed by atoms with Gasteiger partial charge in [-0.15, -0.1) is 0 Å². The first-order valence-electron chi connectivity index (χ1n) is 5.96. The van der Waals surface area contributed by atoms with Gasteiger partial charge in [-0.25, -0.2) is 0 Å². The van der Waals surface area contributed by atoms with E-state index in [1.807, 2.05) is 6.07 Å². The lowest BCUT2D eigenvalue weighted by Gasteiger charge is -2.28. The van der Waals surface area contributed by atoms with Crippen molar-refractivity contribution in [1.82, 2.24) is 0 Å². The summed E-state index contributed by atoms with van der Waals surface area (Å²) < 4.78 is 5.42. The molecule has 0 spiro atoms. The van der Waals surface area contributed by atoms with Gasteiger partial charge in [-0.05, 0) is 31.9 Å². The molecule has 0 amide bonds. The number of ketones is 2. The van der Waals surface area contributed by atoms with Gasteiger partial charge in [0.05, 0.1) is 5.56 Å². The summed E-state index contributed by atoms with van der Waals surface area (Å²) in [5.74, 6) is 0.146. The molecule has 1 heterocycles. The Kier molecular flexibility index (Phi) is 3.52. The van der Waals surface area contributed by atoms with E-state index in [4.69, 9.17) is 4.65 Å². The predicted octanol–water partition coefficient (Wildman–Crippen LogP) is 1.65. The van der Waals surface area contributed by atoms with Crippen molar-refractivity contribution in [3.63, 3.8) is 0 Å². The van der Waals surface area contributed by atoms with Crippen LogP contribution in [0.25, 0.3) is 0 Å². The first-order chi connectivity index (χ1) is 8.49. The fraction of sp³-hybridized carbons (Fsp3) is 0.385. The number of benzene rings is 1. The Bertz CT molecular complexity index is 498. The van der Waals surface area contributed by atoms with Gasteiger partial charge in [-0.2, -0.15) is 0 Å². The lowest BCUT2D eigenvalue weighted by molar-refractivity contribution is -0.117. The van der Waals surface area contributed by atoms with Gasteiger partial charge in [-0.1, -0.05) is 12.1 Å². The lowest BCUT2D eigenvalue weighted by atomic mass is 9.64. The van der Waals surface area contributed by atoms with Crippen LogP contribution in [0.2, 0.25) is 5.82 Å². The van der Waals surface area contributed by atoms with E-state index < -0.39 is 7.12 Å². The molecule has 0 saturated carbocycles. The molecule has 94 valence electrons. The number of carbonyl (C=O) groups excluding carboxylic acids is 2. The van der Waals surface area contributed by atoms with Crippen molar-refractivity contribution in [2.75, 3.05) is 0 Å². The molecule has 1 aromatic rings. The van der Waals surface area contributed by atoms with Gasteiger partial charge in [0.2, 0.25) is 0 Å². The minimum Gasteiger partial charge on any atom is -0.535 e. The standard InChI is InChI=1S/C13H15BO4/c1-8(15)6-11-7-10-4-3-5-12(9(2)16)13(10)18-14(11)17/h3-5,11,17H,6-7H2,1-2H3/t11-/m0/s1. The van der Waals surface area contributed by atoms with E-state index in [2.05, 4.69) is 0 Å². The van der Waals surface area contributed by atoms with E-state index >= 15 is 0 Å². The van der Waals surface area contributed by atoms with Crippen LogP contribution in [0.1, 0.15) is 36.2 Å². The van der Waals surface area contributed by atoms with Crippen molar-refractivity contribution in [2.24, 2.45) is 0 Å². The second-order valence-electron chi connectivity index (χ2n) is 4.73. The van der Waals surface area contributed by atoms with Crippen molar-refractivity contribution >= 4 is 18.7 Å². The highest BCUT2D eigenvalue weighted by atomic mass is 16.5. The zero-order chi connectivity index (χ0) is 13.3. The molecule has 0 radical (unpaired) electrons. The molecule has 1 aromatic carbocycles. The molecule has 0 aliphatic carbocycles. The molecular formula is C13H15BO4. The summed E-state index contributed by atoms with van der Waals surface area (Å²) in [5, 5.41) is 9.89. The summed E-state index contributed by atoms with van der Waals surface area (Å²) in [6, 6.07) is 5.33. The van der Waals surface area contributed by atoms with Gasteiger partial charge in [0.1, 0.15) is 11.5 Å². The SMILES string of the molecule is CC(=O)C[C@H]1Cc2cccc(C(C)=O)c2OB1O. The van der Waals surface area contributed by atoms with E-state index in [9.17, 15) is 14.6 Å². The van der Waals surface area contributed by atoms with Crippen molar-refractivity contribution in [3.8, 4) is 5.75 Å². The molecule has 0 unspecified atom stereocenters. The summed E-state index contributed by atoms with van der Waals surface area (Å²) in [6.07, 6.45) is 0.835. The summed E-state index contributed by atoms with van der Waals surface area (Å²) in [7, 11) is -1.03. The third-order valence-corrected chi connectivity index (χ3v) is 3.15. The quantitative estimate of drug-likeness (QED) is 0.650.